The average molecular weight is 672 g/mol. The van der Waals surface area contributed by atoms with Crippen molar-refractivity contribution in [1.82, 2.24) is 34.4 Å². The number of allylic oxidation sites excluding steroid dienone is 2. The number of rotatable bonds is 8. The molecule has 2 amide bonds. The summed E-state index contributed by atoms with van der Waals surface area (Å²) in [5.41, 5.74) is 8.18. The zero-order chi connectivity index (χ0) is 35.2. The zero-order valence-electron chi connectivity index (χ0n) is 28.6. The van der Waals surface area contributed by atoms with E-state index in [2.05, 4.69) is 28.9 Å². The van der Waals surface area contributed by atoms with Gasteiger partial charge in [-0.2, -0.15) is 5.10 Å². The van der Waals surface area contributed by atoms with Gasteiger partial charge in [-0.05, 0) is 67.2 Å². The molecule has 0 saturated carbocycles. The Hall–Kier alpha value is -4.97. The van der Waals surface area contributed by atoms with Crippen LogP contribution in [0.25, 0.3) is 28.7 Å². The molecule has 10 nitrogen and oxygen atoms in total. The number of nitrogens with zero attached hydrogens (tertiary/aromatic N) is 7. The Bertz CT molecular complexity index is 1810. The Morgan fingerprint density at radius 2 is 1.88 bits per heavy atom. The Morgan fingerprint density at radius 3 is 2.57 bits per heavy atom. The van der Waals surface area contributed by atoms with Gasteiger partial charge in [0.1, 0.15) is 11.5 Å². The maximum Gasteiger partial charge on any atom is 0.246 e. The molecule has 258 valence electrons. The molecule has 0 fully saturated rings. The molecule has 0 N–H and O–H groups in total. The van der Waals surface area contributed by atoms with Crippen LogP contribution in [0.3, 0.4) is 0 Å². The number of carbonyl (C=O) groups excluding carboxylic acids is 2. The predicted molar refractivity (Wildman–Crippen MR) is 185 cm³/mol. The molecule has 3 aliphatic rings. The van der Waals surface area contributed by atoms with Crippen molar-refractivity contribution in [1.29, 1.82) is 0 Å². The van der Waals surface area contributed by atoms with E-state index in [-0.39, 0.29) is 24.2 Å². The maximum atomic E-state index is 14.9. The summed E-state index contributed by atoms with van der Waals surface area (Å²) in [6, 6.07) is 3.93. The molecule has 49 heavy (non-hydrogen) atoms. The number of hydrogen-bond donors (Lipinski definition) is 0. The summed E-state index contributed by atoms with van der Waals surface area (Å²) in [5, 5.41) is 4.91. The van der Waals surface area contributed by atoms with Crippen molar-refractivity contribution in [2.24, 2.45) is 0 Å². The van der Waals surface area contributed by atoms with Gasteiger partial charge >= 0.3 is 0 Å². The first-order chi connectivity index (χ1) is 23.6. The number of halogens is 2. The molecule has 0 bridgehead atoms. The van der Waals surface area contributed by atoms with Crippen molar-refractivity contribution in [2.45, 2.75) is 51.7 Å². The monoisotopic (exact) mass is 671 g/mol. The van der Waals surface area contributed by atoms with E-state index in [1.807, 2.05) is 23.9 Å². The minimum atomic E-state index is -0.717. The Kier molecular flexibility index (Phi) is 11.2. The van der Waals surface area contributed by atoms with E-state index in [4.69, 9.17) is 15.1 Å². The Balaban J connectivity index is 0.00000111. The van der Waals surface area contributed by atoms with Crippen LogP contribution in [0.2, 0.25) is 0 Å². The summed E-state index contributed by atoms with van der Waals surface area (Å²) < 4.78 is 34.1. The summed E-state index contributed by atoms with van der Waals surface area (Å²) in [6.45, 7) is 11.4. The van der Waals surface area contributed by atoms with Crippen molar-refractivity contribution in [3.63, 3.8) is 0 Å². The predicted octanol–water partition coefficient (Wildman–Crippen LogP) is 5.60. The third-order valence-corrected chi connectivity index (χ3v) is 9.03. The van der Waals surface area contributed by atoms with E-state index >= 15 is 0 Å². The van der Waals surface area contributed by atoms with E-state index < -0.39 is 5.83 Å². The third-order valence-electron chi connectivity index (χ3n) is 9.03. The fourth-order valence-corrected chi connectivity index (χ4v) is 6.60. The minimum Gasteiger partial charge on any atom is -0.505 e. The lowest BCUT2D eigenvalue weighted by Gasteiger charge is -2.31. The normalized spacial score (nSPS) is 17.1. The first kappa shape index (κ1) is 35.3. The van der Waals surface area contributed by atoms with Gasteiger partial charge in [-0.1, -0.05) is 13.2 Å². The van der Waals surface area contributed by atoms with Crippen LogP contribution in [-0.4, -0.2) is 87.1 Å². The molecule has 6 rings (SSSR count). The smallest absolute Gasteiger partial charge is 0.246 e. The van der Waals surface area contributed by atoms with Gasteiger partial charge in [0, 0.05) is 69.2 Å². The van der Waals surface area contributed by atoms with Crippen LogP contribution >= 0.6 is 0 Å². The van der Waals surface area contributed by atoms with Crippen LogP contribution in [0, 0.1) is 0 Å². The number of amides is 2. The molecule has 0 saturated heterocycles. The van der Waals surface area contributed by atoms with Crippen molar-refractivity contribution in [2.75, 3.05) is 40.8 Å². The molecule has 12 heteroatoms. The lowest BCUT2D eigenvalue weighted by molar-refractivity contribution is -0.130. The molecule has 0 radical (unpaired) electrons. The van der Waals surface area contributed by atoms with Gasteiger partial charge in [-0.3, -0.25) is 24.2 Å². The van der Waals surface area contributed by atoms with Crippen LogP contribution in [-0.2, 0) is 46.7 Å². The minimum absolute atomic E-state index is 0.0548. The molecule has 2 aliphatic heterocycles. The van der Waals surface area contributed by atoms with Crippen molar-refractivity contribution in [3.05, 3.63) is 95.7 Å². The summed E-state index contributed by atoms with van der Waals surface area (Å²) in [4.78, 5) is 40.2. The first-order valence-electron chi connectivity index (χ1n) is 16.3. The molecular formula is C37H43F2N7O3. The second kappa shape index (κ2) is 15.5. The number of hydrogen-bond acceptors (Lipinski definition) is 7. The van der Waals surface area contributed by atoms with E-state index in [1.165, 1.54) is 18.4 Å². The van der Waals surface area contributed by atoms with Crippen LogP contribution in [0.1, 0.15) is 53.0 Å². The van der Waals surface area contributed by atoms with E-state index in [0.717, 1.165) is 77.6 Å². The van der Waals surface area contributed by atoms with E-state index in [0.29, 0.717) is 43.1 Å². The van der Waals surface area contributed by atoms with Crippen LogP contribution in [0.4, 0.5) is 8.78 Å². The summed E-state index contributed by atoms with van der Waals surface area (Å²) >= 11 is 0. The van der Waals surface area contributed by atoms with Gasteiger partial charge in [-0.25, -0.2) is 13.8 Å². The summed E-state index contributed by atoms with van der Waals surface area (Å²) in [6.07, 6.45) is 9.98. The highest BCUT2D eigenvalue weighted by atomic mass is 19.1. The lowest BCUT2D eigenvalue weighted by Crippen LogP contribution is -2.39. The van der Waals surface area contributed by atoms with Gasteiger partial charge in [0.2, 0.25) is 11.8 Å². The van der Waals surface area contributed by atoms with Gasteiger partial charge in [0.15, 0.2) is 0 Å². The average Bonchev–Trinajstić information content (AvgIpc) is 3.76. The summed E-state index contributed by atoms with van der Waals surface area (Å²) in [5.74, 6) is -0.813. The first-order valence-corrected chi connectivity index (χ1v) is 16.3. The third kappa shape index (κ3) is 7.69. The molecular weight excluding hydrogens is 628 g/mol. The number of carbonyl (C=O) groups is 2. The second-order valence-corrected chi connectivity index (χ2v) is 12.6. The van der Waals surface area contributed by atoms with Crippen LogP contribution in [0.15, 0.2) is 62.1 Å². The molecule has 0 aromatic carbocycles. The van der Waals surface area contributed by atoms with Gasteiger partial charge < -0.3 is 14.5 Å². The van der Waals surface area contributed by atoms with Gasteiger partial charge in [0.05, 0.1) is 55.9 Å². The van der Waals surface area contributed by atoms with E-state index in [1.54, 1.807) is 31.0 Å². The van der Waals surface area contributed by atoms with Gasteiger partial charge in [0.25, 0.3) is 0 Å². The molecule has 1 atom stereocenters. The number of methoxy groups -OCH3 is 1. The van der Waals surface area contributed by atoms with Crippen molar-refractivity contribution < 1.29 is 23.1 Å². The zero-order valence-corrected chi connectivity index (χ0v) is 28.6. The van der Waals surface area contributed by atoms with Crippen molar-refractivity contribution in [3.8, 4) is 22.6 Å². The number of aromatic nitrogens is 4. The number of fused-ring (bicyclic) bond motifs is 3. The quantitative estimate of drug-likeness (QED) is 0.175. The molecule has 1 unspecified atom stereocenters. The standard InChI is InChI=1S/C34H37F2N7O2.C3H6O/c1-5-31(44)42-17-21(2)43-25(19-42)15-30(39-43)34-28(14-24(36)9-11-35)26-7-6-8-27(26)33(38-34)22-13-23-18-41(20-32(45)40(3)4)12-10-29(23)37-16-22;1-3-4-2/h5,9,11,13-16,21H,1,6-8,10,12,17-20H2,2-4H3;3H,1H2,2H3/b11-9+,24-14?;. The molecule has 0 spiro atoms. The number of ether oxygens (including phenoxy) is 1. The molecule has 5 heterocycles. The molecule has 3 aromatic heterocycles. The largest absolute Gasteiger partial charge is 0.505 e. The topological polar surface area (TPSA) is 96.7 Å². The highest BCUT2D eigenvalue weighted by Crippen LogP contribution is 2.40. The van der Waals surface area contributed by atoms with Crippen LogP contribution < -0.4 is 0 Å². The highest BCUT2D eigenvalue weighted by Gasteiger charge is 2.30. The summed E-state index contributed by atoms with van der Waals surface area (Å²) in [7, 11) is 5.08. The SMILES string of the molecule is C=CC(=O)N1Cc2cc(-c3nc(-c4cnc5c(c4)CN(CC(=O)N(C)C)CC5)c4c(c3C=C(F)/C=C/F)CCC4)nn2C(C)C1.C=COC. The Labute approximate surface area is 286 Å². The fraction of sp³-hybridized carbons (Fsp3) is 0.378. The van der Waals surface area contributed by atoms with E-state index in [9.17, 15) is 18.4 Å². The molecule has 3 aromatic rings. The molecule has 1 aliphatic carbocycles. The number of pyridine rings is 2. The lowest BCUT2D eigenvalue weighted by atomic mass is 9.94. The maximum absolute atomic E-state index is 14.9. The second-order valence-electron chi connectivity index (χ2n) is 12.6. The Morgan fingerprint density at radius 1 is 1.12 bits per heavy atom. The fourth-order valence-electron chi connectivity index (χ4n) is 6.60. The van der Waals surface area contributed by atoms with Gasteiger partial charge in [-0.15, -0.1) is 0 Å². The highest BCUT2D eigenvalue weighted by molar-refractivity contribution is 5.87. The number of likely N-dealkylation sites (N-methyl/N-ethyl adjacent to an activating group) is 1. The van der Waals surface area contributed by atoms with Crippen molar-refractivity contribution >= 4 is 17.9 Å². The van der Waals surface area contributed by atoms with Crippen LogP contribution in [0.5, 0.6) is 0 Å².